The fourth-order valence-electron chi connectivity index (χ4n) is 2.50. The first-order chi connectivity index (χ1) is 10.6. The molecule has 0 radical (unpaired) electrons. The third-order valence-electron chi connectivity index (χ3n) is 3.50. The van der Waals surface area contributed by atoms with Crippen LogP contribution in [0.3, 0.4) is 0 Å². The van der Waals surface area contributed by atoms with Crippen LogP contribution >= 0.6 is 11.3 Å². The maximum absolute atomic E-state index is 12.5. The number of hydrogen-bond donors (Lipinski definition) is 1. The van der Waals surface area contributed by atoms with Gasteiger partial charge >= 0.3 is 0 Å². The lowest BCUT2D eigenvalue weighted by Crippen LogP contribution is -2.41. The van der Waals surface area contributed by atoms with Crippen LogP contribution in [0.5, 0.6) is 0 Å². The van der Waals surface area contributed by atoms with Crippen LogP contribution in [-0.2, 0) is 4.79 Å². The predicted molar refractivity (Wildman–Crippen MR) is 80.6 cm³/mol. The highest BCUT2D eigenvalue weighted by molar-refractivity contribution is 7.14. The van der Waals surface area contributed by atoms with E-state index in [4.69, 9.17) is 0 Å². The van der Waals surface area contributed by atoms with E-state index in [1.807, 2.05) is 0 Å². The van der Waals surface area contributed by atoms with Crippen LogP contribution < -0.4 is 5.32 Å². The lowest BCUT2D eigenvalue weighted by Gasteiger charge is -2.32. The van der Waals surface area contributed by atoms with Gasteiger partial charge in [0.2, 0.25) is 5.91 Å². The van der Waals surface area contributed by atoms with Gasteiger partial charge in [0.1, 0.15) is 18.3 Å². The molecule has 1 atom stereocenters. The van der Waals surface area contributed by atoms with E-state index in [2.05, 4.69) is 20.4 Å². The topological polar surface area (TPSA) is 93.0 Å². The van der Waals surface area contributed by atoms with E-state index in [0.29, 0.717) is 23.9 Å². The second-order valence-corrected chi connectivity index (χ2v) is 6.00. The van der Waals surface area contributed by atoms with E-state index in [1.54, 1.807) is 21.3 Å². The number of nitrogens with one attached hydrogen (secondary N) is 1. The fourth-order valence-corrected chi connectivity index (χ4v) is 3.23. The Kier molecular flexibility index (Phi) is 4.14. The number of aromatic nitrogens is 4. The summed E-state index contributed by atoms with van der Waals surface area (Å²) < 4.78 is 1.79. The minimum absolute atomic E-state index is 0.113. The molecule has 0 spiro atoms. The molecule has 22 heavy (non-hydrogen) atoms. The molecule has 1 saturated heterocycles. The smallest absolute Gasteiger partial charge is 0.273 e. The van der Waals surface area contributed by atoms with Crippen LogP contribution in [0.15, 0.2) is 18.0 Å². The number of amides is 2. The Balaban J connectivity index is 1.69. The molecule has 0 aromatic carbocycles. The van der Waals surface area contributed by atoms with Gasteiger partial charge in [0, 0.05) is 25.4 Å². The summed E-state index contributed by atoms with van der Waals surface area (Å²) in [4.78, 5) is 33.4. The molecule has 2 aromatic rings. The monoisotopic (exact) mass is 320 g/mol. The SMILES string of the molecule is CC(=O)Nc1nc(C(=O)N2CCC[C@@H](n3cncn3)C2)cs1. The number of piperidine rings is 1. The predicted octanol–water partition coefficient (Wildman–Crippen LogP) is 1.17. The Bertz CT molecular complexity index is 668. The fraction of sp³-hybridized carbons (Fsp3) is 0.462. The number of likely N-dealkylation sites (tertiary alicyclic amines) is 1. The zero-order chi connectivity index (χ0) is 15.5. The highest BCUT2D eigenvalue weighted by Crippen LogP contribution is 2.23. The average Bonchev–Trinajstić information content (AvgIpc) is 3.17. The van der Waals surface area contributed by atoms with Gasteiger partial charge in [0.05, 0.1) is 6.04 Å². The zero-order valence-corrected chi connectivity index (χ0v) is 12.9. The van der Waals surface area contributed by atoms with E-state index in [9.17, 15) is 9.59 Å². The van der Waals surface area contributed by atoms with Gasteiger partial charge in [-0.05, 0) is 12.8 Å². The van der Waals surface area contributed by atoms with Gasteiger partial charge in [-0.15, -0.1) is 11.3 Å². The van der Waals surface area contributed by atoms with E-state index in [-0.39, 0.29) is 17.9 Å². The third-order valence-corrected chi connectivity index (χ3v) is 4.26. The van der Waals surface area contributed by atoms with Crippen molar-refractivity contribution in [1.29, 1.82) is 0 Å². The Morgan fingerprint density at radius 3 is 3.05 bits per heavy atom. The molecule has 1 fully saturated rings. The lowest BCUT2D eigenvalue weighted by atomic mass is 10.1. The van der Waals surface area contributed by atoms with Crippen LogP contribution in [0.2, 0.25) is 0 Å². The van der Waals surface area contributed by atoms with Crippen LogP contribution in [0.25, 0.3) is 0 Å². The summed E-state index contributed by atoms with van der Waals surface area (Å²) in [7, 11) is 0. The van der Waals surface area contributed by atoms with E-state index in [1.165, 1.54) is 24.6 Å². The molecule has 9 heteroatoms. The first-order valence-electron chi connectivity index (χ1n) is 7.00. The quantitative estimate of drug-likeness (QED) is 0.916. The van der Waals surface area contributed by atoms with Gasteiger partial charge in [-0.1, -0.05) is 0 Å². The van der Waals surface area contributed by atoms with Crippen molar-refractivity contribution in [3.05, 3.63) is 23.7 Å². The van der Waals surface area contributed by atoms with Gasteiger partial charge in [-0.2, -0.15) is 5.10 Å². The summed E-state index contributed by atoms with van der Waals surface area (Å²) in [5, 5.41) is 8.86. The van der Waals surface area contributed by atoms with E-state index >= 15 is 0 Å². The Hall–Kier alpha value is -2.29. The molecule has 0 saturated carbocycles. The molecular formula is C13H16N6O2S. The molecule has 3 rings (SSSR count). The summed E-state index contributed by atoms with van der Waals surface area (Å²) in [6.45, 7) is 2.71. The molecular weight excluding hydrogens is 304 g/mol. The lowest BCUT2D eigenvalue weighted by molar-refractivity contribution is -0.114. The molecule has 1 aliphatic heterocycles. The standard InChI is InChI=1S/C13H16N6O2S/c1-9(20)16-13-17-11(6-22-13)12(21)18-4-2-3-10(5-18)19-8-14-7-15-19/h6-8,10H,2-5H2,1H3,(H,16,17,20)/t10-/m1/s1. The van der Waals surface area contributed by atoms with Crippen molar-refractivity contribution >= 4 is 28.3 Å². The molecule has 0 unspecified atom stereocenters. The summed E-state index contributed by atoms with van der Waals surface area (Å²) in [6.07, 6.45) is 5.07. The number of hydrogen-bond acceptors (Lipinski definition) is 6. The van der Waals surface area contributed by atoms with Crippen LogP contribution in [-0.4, -0.2) is 49.6 Å². The number of carbonyl (C=O) groups excluding carboxylic acids is 2. The number of rotatable bonds is 3. The van der Waals surface area contributed by atoms with Crippen molar-refractivity contribution in [1.82, 2.24) is 24.6 Å². The first kappa shape index (κ1) is 14.6. The minimum atomic E-state index is -0.197. The number of carbonyl (C=O) groups is 2. The maximum Gasteiger partial charge on any atom is 0.273 e. The van der Waals surface area contributed by atoms with Gasteiger partial charge < -0.3 is 10.2 Å². The average molecular weight is 320 g/mol. The summed E-state index contributed by atoms with van der Waals surface area (Å²) in [6, 6.07) is 0.147. The van der Waals surface area contributed by atoms with Gasteiger partial charge in [-0.25, -0.2) is 14.6 Å². The first-order valence-corrected chi connectivity index (χ1v) is 7.88. The summed E-state index contributed by atoms with van der Waals surface area (Å²) in [5.41, 5.74) is 0.369. The summed E-state index contributed by atoms with van der Waals surface area (Å²) >= 11 is 1.25. The van der Waals surface area contributed by atoms with Crippen molar-refractivity contribution in [2.45, 2.75) is 25.8 Å². The van der Waals surface area contributed by atoms with Crippen molar-refractivity contribution in [3.63, 3.8) is 0 Å². The molecule has 2 aromatic heterocycles. The molecule has 1 N–H and O–H groups in total. The molecule has 0 bridgehead atoms. The molecule has 2 amide bonds. The largest absolute Gasteiger partial charge is 0.335 e. The number of anilines is 1. The zero-order valence-electron chi connectivity index (χ0n) is 12.1. The van der Waals surface area contributed by atoms with Crippen molar-refractivity contribution in [2.24, 2.45) is 0 Å². The number of thiazole rings is 1. The third kappa shape index (κ3) is 3.14. The molecule has 0 aliphatic carbocycles. The number of nitrogens with zero attached hydrogens (tertiary/aromatic N) is 5. The van der Waals surface area contributed by atoms with Gasteiger partial charge in [0.15, 0.2) is 5.13 Å². The highest BCUT2D eigenvalue weighted by Gasteiger charge is 2.27. The molecule has 116 valence electrons. The van der Waals surface area contributed by atoms with Crippen molar-refractivity contribution < 1.29 is 9.59 Å². The van der Waals surface area contributed by atoms with Crippen LogP contribution in [0.4, 0.5) is 5.13 Å². The minimum Gasteiger partial charge on any atom is -0.335 e. The van der Waals surface area contributed by atoms with Gasteiger partial charge in [0.25, 0.3) is 5.91 Å². The second kappa shape index (κ2) is 6.22. The Morgan fingerprint density at radius 2 is 2.32 bits per heavy atom. The highest BCUT2D eigenvalue weighted by atomic mass is 32.1. The van der Waals surface area contributed by atoms with Crippen molar-refractivity contribution in [2.75, 3.05) is 18.4 Å². The second-order valence-electron chi connectivity index (χ2n) is 5.14. The van der Waals surface area contributed by atoms with Gasteiger partial charge in [-0.3, -0.25) is 9.59 Å². The summed E-state index contributed by atoms with van der Waals surface area (Å²) in [5.74, 6) is -0.310. The van der Waals surface area contributed by atoms with Crippen molar-refractivity contribution in [3.8, 4) is 0 Å². The van der Waals surface area contributed by atoms with Crippen LogP contribution in [0.1, 0.15) is 36.3 Å². The Labute approximate surface area is 131 Å². The molecule has 1 aliphatic rings. The van der Waals surface area contributed by atoms with E-state index in [0.717, 1.165) is 12.8 Å². The van der Waals surface area contributed by atoms with E-state index < -0.39 is 0 Å². The normalized spacial score (nSPS) is 18.2. The Morgan fingerprint density at radius 1 is 1.45 bits per heavy atom. The van der Waals surface area contributed by atoms with Crippen LogP contribution in [0, 0.1) is 0 Å². The molecule has 8 nitrogen and oxygen atoms in total. The maximum atomic E-state index is 12.5. The molecule has 3 heterocycles.